The SMILES string of the molecule is CC(=O)O[C@@H](C)n1cnc([N+](=O)[O-])c1. The second-order valence-electron chi connectivity index (χ2n) is 2.64. The van der Waals surface area contributed by atoms with Crippen molar-refractivity contribution in [3.05, 3.63) is 22.6 Å². The highest BCUT2D eigenvalue weighted by atomic mass is 16.6. The van der Waals surface area contributed by atoms with E-state index in [2.05, 4.69) is 4.98 Å². The first-order chi connectivity index (χ1) is 6.50. The van der Waals surface area contributed by atoms with Crippen LogP contribution >= 0.6 is 0 Å². The van der Waals surface area contributed by atoms with Crippen LogP contribution in [0.3, 0.4) is 0 Å². The van der Waals surface area contributed by atoms with Gasteiger partial charge in [-0.1, -0.05) is 0 Å². The quantitative estimate of drug-likeness (QED) is 0.409. The Morgan fingerprint density at radius 3 is 2.86 bits per heavy atom. The van der Waals surface area contributed by atoms with Crippen molar-refractivity contribution in [2.45, 2.75) is 20.1 Å². The predicted molar refractivity (Wildman–Crippen MR) is 45.4 cm³/mol. The Balaban J connectivity index is 2.76. The van der Waals surface area contributed by atoms with Gasteiger partial charge >= 0.3 is 11.8 Å². The van der Waals surface area contributed by atoms with Gasteiger partial charge in [-0.05, 0) is 16.8 Å². The molecule has 1 rings (SSSR count). The van der Waals surface area contributed by atoms with Crippen molar-refractivity contribution >= 4 is 11.8 Å². The van der Waals surface area contributed by atoms with Gasteiger partial charge in [-0.3, -0.25) is 9.36 Å². The Bertz CT molecular complexity index is 360. The second kappa shape index (κ2) is 3.86. The molecule has 1 atom stereocenters. The van der Waals surface area contributed by atoms with Crippen LogP contribution < -0.4 is 0 Å². The third kappa shape index (κ3) is 2.28. The number of carbonyl (C=O) groups is 1. The van der Waals surface area contributed by atoms with Crippen LogP contribution in [0.2, 0.25) is 0 Å². The molecule has 7 nitrogen and oxygen atoms in total. The van der Waals surface area contributed by atoms with E-state index in [4.69, 9.17) is 4.74 Å². The minimum Gasteiger partial charge on any atom is -0.442 e. The summed E-state index contributed by atoms with van der Waals surface area (Å²) in [6, 6.07) is 0. The minimum atomic E-state index is -0.614. The standard InChI is InChI=1S/C7H9N3O4/c1-5(14-6(2)11)9-3-7(8-4-9)10(12)13/h3-5H,1-2H3/t5-/m0/s1. The summed E-state index contributed by atoms with van der Waals surface area (Å²) in [6.07, 6.45) is 1.85. The van der Waals surface area contributed by atoms with Crippen LogP contribution in [0.15, 0.2) is 12.5 Å². The molecule has 0 radical (unpaired) electrons. The monoisotopic (exact) mass is 199 g/mol. The predicted octanol–water partition coefficient (Wildman–Crippen LogP) is 0.873. The fourth-order valence-electron chi connectivity index (χ4n) is 0.920. The van der Waals surface area contributed by atoms with Gasteiger partial charge in [0.1, 0.15) is 6.20 Å². The molecule has 1 heterocycles. The fraction of sp³-hybridized carbons (Fsp3) is 0.429. The Hall–Kier alpha value is -1.92. The number of hydrogen-bond acceptors (Lipinski definition) is 5. The number of carbonyl (C=O) groups excluding carboxylic acids is 1. The molecule has 0 fully saturated rings. The zero-order chi connectivity index (χ0) is 10.7. The fourth-order valence-corrected chi connectivity index (χ4v) is 0.920. The highest BCUT2D eigenvalue weighted by Crippen LogP contribution is 2.12. The van der Waals surface area contributed by atoms with Gasteiger partial charge in [0, 0.05) is 6.92 Å². The Kier molecular flexibility index (Phi) is 2.80. The highest BCUT2D eigenvalue weighted by Gasteiger charge is 2.14. The molecule has 0 aromatic carbocycles. The summed E-state index contributed by atoms with van der Waals surface area (Å²) in [7, 11) is 0. The number of rotatable bonds is 3. The average molecular weight is 199 g/mol. The van der Waals surface area contributed by atoms with Gasteiger partial charge in [0.05, 0.1) is 0 Å². The summed E-state index contributed by atoms with van der Waals surface area (Å²) >= 11 is 0. The minimum absolute atomic E-state index is 0.274. The molecule has 0 spiro atoms. The summed E-state index contributed by atoms with van der Waals surface area (Å²) < 4.78 is 6.14. The van der Waals surface area contributed by atoms with Crippen molar-refractivity contribution in [2.75, 3.05) is 0 Å². The smallest absolute Gasteiger partial charge is 0.381 e. The molecule has 14 heavy (non-hydrogen) atoms. The molecule has 0 aliphatic rings. The van der Waals surface area contributed by atoms with Crippen molar-refractivity contribution < 1.29 is 14.5 Å². The lowest BCUT2D eigenvalue weighted by Crippen LogP contribution is -2.10. The van der Waals surface area contributed by atoms with E-state index < -0.39 is 17.1 Å². The maximum atomic E-state index is 10.6. The van der Waals surface area contributed by atoms with Crippen LogP contribution in [-0.4, -0.2) is 20.4 Å². The Labute approximate surface area is 79.5 Å². The maximum Gasteiger partial charge on any atom is 0.381 e. The molecule has 0 saturated heterocycles. The van der Waals surface area contributed by atoms with Crippen molar-refractivity contribution in [1.82, 2.24) is 9.55 Å². The van der Waals surface area contributed by atoms with E-state index in [0.29, 0.717) is 0 Å². The third-order valence-electron chi connectivity index (χ3n) is 1.53. The number of hydrogen-bond donors (Lipinski definition) is 0. The lowest BCUT2D eigenvalue weighted by molar-refractivity contribution is -0.389. The topological polar surface area (TPSA) is 87.3 Å². The largest absolute Gasteiger partial charge is 0.442 e. The van der Waals surface area contributed by atoms with Gasteiger partial charge in [-0.15, -0.1) is 0 Å². The molecule has 0 N–H and O–H groups in total. The number of ether oxygens (including phenoxy) is 1. The van der Waals surface area contributed by atoms with Gasteiger partial charge in [0.25, 0.3) is 0 Å². The number of nitro groups is 1. The molecule has 1 aromatic heterocycles. The van der Waals surface area contributed by atoms with Gasteiger partial charge in [-0.25, -0.2) is 0 Å². The molecule has 0 amide bonds. The molecule has 0 aliphatic heterocycles. The lowest BCUT2D eigenvalue weighted by atomic mass is 10.6. The summed E-state index contributed by atoms with van der Waals surface area (Å²) in [6.45, 7) is 2.86. The van der Waals surface area contributed by atoms with E-state index in [1.54, 1.807) is 6.92 Å². The van der Waals surface area contributed by atoms with Crippen LogP contribution in [0.1, 0.15) is 20.1 Å². The average Bonchev–Trinajstić information content (AvgIpc) is 2.50. The summed E-state index contributed by atoms with van der Waals surface area (Å²) in [4.78, 5) is 23.8. The van der Waals surface area contributed by atoms with Crippen LogP contribution in [-0.2, 0) is 9.53 Å². The normalized spacial score (nSPS) is 12.1. The van der Waals surface area contributed by atoms with Crippen molar-refractivity contribution in [3.8, 4) is 0 Å². The number of aromatic nitrogens is 2. The van der Waals surface area contributed by atoms with Crippen LogP contribution in [0.4, 0.5) is 5.82 Å². The number of nitrogens with zero attached hydrogens (tertiary/aromatic N) is 3. The van der Waals surface area contributed by atoms with E-state index in [0.717, 1.165) is 0 Å². The summed E-state index contributed by atoms with van der Waals surface area (Å²) in [5, 5.41) is 10.3. The van der Waals surface area contributed by atoms with Crippen LogP contribution in [0.5, 0.6) is 0 Å². The molecule has 76 valence electrons. The molecule has 0 saturated carbocycles. The van der Waals surface area contributed by atoms with E-state index in [1.807, 2.05) is 0 Å². The first-order valence-electron chi connectivity index (χ1n) is 3.86. The van der Waals surface area contributed by atoms with Gasteiger partial charge in [0.2, 0.25) is 6.33 Å². The number of imidazole rings is 1. The lowest BCUT2D eigenvalue weighted by Gasteiger charge is -2.10. The third-order valence-corrected chi connectivity index (χ3v) is 1.53. The van der Waals surface area contributed by atoms with Crippen molar-refractivity contribution in [3.63, 3.8) is 0 Å². The molecule has 1 aromatic rings. The Morgan fingerprint density at radius 1 is 1.79 bits per heavy atom. The van der Waals surface area contributed by atoms with Crippen molar-refractivity contribution in [2.24, 2.45) is 0 Å². The van der Waals surface area contributed by atoms with Gasteiger partial charge in [-0.2, -0.15) is 0 Å². The summed E-state index contributed by atoms with van der Waals surface area (Å²) in [5.41, 5.74) is 0. The molecular weight excluding hydrogens is 190 g/mol. The molecule has 0 unspecified atom stereocenters. The second-order valence-corrected chi connectivity index (χ2v) is 2.64. The van der Waals surface area contributed by atoms with E-state index in [-0.39, 0.29) is 5.82 Å². The molecular formula is C7H9N3O4. The van der Waals surface area contributed by atoms with E-state index in [9.17, 15) is 14.9 Å². The highest BCUT2D eigenvalue weighted by molar-refractivity contribution is 5.65. The van der Waals surface area contributed by atoms with Gasteiger partial charge < -0.3 is 14.9 Å². The first-order valence-corrected chi connectivity index (χ1v) is 3.86. The molecule has 7 heteroatoms. The first kappa shape index (κ1) is 10.2. The number of esters is 1. The zero-order valence-electron chi connectivity index (χ0n) is 7.71. The molecule has 0 aliphatic carbocycles. The zero-order valence-corrected chi connectivity index (χ0v) is 7.71. The van der Waals surface area contributed by atoms with Crippen LogP contribution in [0, 0.1) is 10.1 Å². The van der Waals surface area contributed by atoms with Crippen LogP contribution in [0.25, 0.3) is 0 Å². The molecule has 0 bridgehead atoms. The van der Waals surface area contributed by atoms with Gasteiger partial charge in [0.15, 0.2) is 6.23 Å². The van der Waals surface area contributed by atoms with Crippen molar-refractivity contribution in [1.29, 1.82) is 0 Å². The summed E-state index contributed by atoms with van der Waals surface area (Å²) in [5.74, 6) is -0.724. The van der Waals surface area contributed by atoms with E-state index in [1.165, 1.54) is 24.0 Å². The Morgan fingerprint density at radius 2 is 2.43 bits per heavy atom. The van der Waals surface area contributed by atoms with E-state index >= 15 is 0 Å². The maximum absolute atomic E-state index is 10.6.